The average Bonchev–Trinajstić information content (AvgIpc) is 4.12. The number of benzene rings is 1. The van der Waals surface area contributed by atoms with Crippen LogP contribution < -0.4 is 27.0 Å². The summed E-state index contributed by atoms with van der Waals surface area (Å²) in [5, 5.41) is 21.6. The number of imidazole rings is 4. The number of aliphatic carboxylic acids is 1. The Morgan fingerprint density at radius 3 is 1.69 bits per heavy atom. The van der Waals surface area contributed by atoms with Crippen LogP contribution in [0.1, 0.15) is 41.2 Å². The largest absolute Gasteiger partial charge is 0.480 e. The van der Waals surface area contributed by atoms with Gasteiger partial charge in [-0.1, -0.05) is 18.2 Å². The molecule has 1 aliphatic heterocycles. The van der Waals surface area contributed by atoms with Crippen LogP contribution in [0.25, 0.3) is 10.9 Å². The Morgan fingerprint density at radius 2 is 1.16 bits per heavy atom. The van der Waals surface area contributed by atoms with Gasteiger partial charge < -0.3 is 61.9 Å². The van der Waals surface area contributed by atoms with Gasteiger partial charge >= 0.3 is 5.97 Å². The molecule has 6 atom stereocenters. The summed E-state index contributed by atoms with van der Waals surface area (Å²) < 4.78 is 0. The number of nitrogens with two attached hydrogens (primary N) is 1. The molecule has 6 aromatic rings. The van der Waals surface area contributed by atoms with Crippen LogP contribution in [0.4, 0.5) is 0 Å². The minimum Gasteiger partial charge on any atom is -0.480 e. The third-order valence-corrected chi connectivity index (χ3v) is 10.7. The highest BCUT2D eigenvalue weighted by Gasteiger charge is 2.40. The maximum Gasteiger partial charge on any atom is 0.326 e. The van der Waals surface area contributed by atoms with E-state index in [0.717, 1.165) is 16.5 Å². The Labute approximate surface area is 353 Å². The van der Waals surface area contributed by atoms with E-state index in [0.29, 0.717) is 29.2 Å². The van der Waals surface area contributed by atoms with E-state index < -0.39 is 71.8 Å². The van der Waals surface area contributed by atoms with Crippen molar-refractivity contribution >= 4 is 46.4 Å². The van der Waals surface area contributed by atoms with Gasteiger partial charge in [0.05, 0.1) is 31.4 Å². The lowest BCUT2D eigenvalue weighted by atomic mass is 10.0. The SMILES string of the molecule is N[C@@H](Cc1c[nH]c2ccccc12)C(=O)N[C@@H](Cc1cnc[nH]1)C(=O)N[C@@H](Cc1cnc[nH]1)C(=O)N[C@@H](Cc1cnc[nH]1)C(=O)N1CCC[C@H]1C(=O)N[C@@H](Cc1cnc[nH]1)C(=O)O. The van der Waals surface area contributed by atoms with Gasteiger partial charge in [0.1, 0.15) is 30.2 Å². The fraction of sp³-hybridized carbons (Fsp3) is 0.350. The molecule has 62 heavy (non-hydrogen) atoms. The third-order valence-electron chi connectivity index (χ3n) is 10.7. The second kappa shape index (κ2) is 19.6. The summed E-state index contributed by atoms with van der Waals surface area (Å²) >= 11 is 0. The molecule has 0 aliphatic carbocycles. The van der Waals surface area contributed by atoms with Crippen LogP contribution in [0.15, 0.2) is 80.6 Å². The van der Waals surface area contributed by atoms with Crippen molar-refractivity contribution in [2.24, 2.45) is 5.73 Å². The highest BCUT2D eigenvalue weighted by Crippen LogP contribution is 2.21. The molecule has 0 saturated carbocycles. The van der Waals surface area contributed by atoms with Crippen LogP contribution in [-0.2, 0) is 60.9 Å². The summed E-state index contributed by atoms with van der Waals surface area (Å²) in [7, 11) is 0. The second-order valence-corrected chi connectivity index (χ2v) is 15.1. The molecular weight excluding hydrogens is 803 g/mol. The normalized spacial score (nSPS) is 16.2. The number of para-hydroxylation sites is 1. The van der Waals surface area contributed by atoms with Crippen molar-refractivity contribution in [3.05, 3.63) is 109 Å². The Bertz CT molecular complexity index is 2430. The van der Waals surface area contributed by atoms with Crippen molar-refractivity contribution in [1.82, 2.24) is 71.0 Å². The smallest absolute Gasteiger partial charge is 0.326 e. The Morgan fingerprint density at radius 1 is 0.661 bits per heavy atom. The van der Waals surface area contributed by atoms with Crippen molar-refractivity contribution in [1.29, 1.82) is 0 Å². The molecule has 1 fully saturated rings. The lowest BCUT2D eigenvalue weighted by molar-refractivity contribution is -0.145. The number of amides is 5. The lowest BCUT2D eigenvalue weighted by Gasteiger charge is -2.30. The summed E-state index contributed by atoms with van der Waals surface area (Å²) in [5.74, 6) is -4.61. The Kier molecular flexibility index (Phi) is 13.5. The molecule has 1 aromatic carbocycles. The van der Waals surface area contributed by atoms with Gasteiger partial charge in [0.15, 0.2) is 0 Å². The van der Waals surface area contributed by atoms with Crippen LogP contribution in [0, 0.1) is 0 Å². The molecule has 324 valence electrons. The van der Waals surface area contributed by atoms with Crippen LogP contribution in [0.3, 0.4) is 0 Å². The quantitative estimate of drug-likeness (QED) is 0.0437. The molecule has 7 rings (SSSR count). The predicted octanol–water partition coefficient (Wildman–Crippen LogP) is -1.08. The van der Waals surface area contributed by atoms with Gasteiger partial charge in [-0.2, -0.15) is 0 Å². The number of rotatable bonds is 20. The van der Waals surface area contributed by atoms with Crippen molar-refractivity contribution < 1.29 is 33.9 Å². The molecule has 22 nitrogen and oxygen atoms in total. The van der Waals surface area contributed by atoms with Crippen molar-refractivity contribution in [2.75, 3.05) is 6.54 Å². The first kappa shape index (κ1) is 42.5. The molecule has 12 N–H and O–H groups in total. The fourth-order valence-electron chi connectivity index (χ4n) is 7.51. The number of hydrogen-bond acceptors (Lipinski definition) is 11. The Balaban J connectivity index is 1.08. The molecule has 0 bridgehead atoms. The maximum atomic E-state index is 14.4. The zero-order chi connectivity index (χ0) is 43.6. The molecule has 1 aliphatic rings. The number of aromatic amines is 5. The monoisotopic (exact) mass is 849 g/mol. The number of nitrogens with one attached hydrogen (secondary N) is 9. The summed E-state index contributed by atoms with van der Waals surface area (Å²) in [4.78, 5) is 114. The standard InChI is InChI=1S/C40H47N15O7/c41-28(8-22-13-46-29-5-2-1-4-27(22)29)35(56)51-30(9-23-14-42-18-47-23)36(57)52-31(10-24-15-43-19-48-24)37(58)53-32(11-25-16-44-20-49-25)39(60)55-7-3-6-34(55)38(59)54-33(40(61)62)12-26-17-45-21-50-26/h1-2,4-5,13-21,28,30-34,46H,3,6-12,41H2,(H,42,47)(H,43,48)(H,44,49)(H,45,50)(H,51,56)(H,52,57)(H,53,58)(H,54,59)(H,61,62)/t28-,30-,31-,32-,33-,34-/m0/s1. The molecule has 1 saturated heterocycles. The number of aromatic nitrogens is 9. The number of carboxylic acid groups (broad SMARTS) is 1. The van der Waals surface area contributed by atoms with Crippen LogP contribution in [0.2, 0.25) is 0 Å². The van der Waals surface area contributed by atoms with E-state index in [1.54, 1.807) is 6.20 Å². The topological polar surface area (TPSA) is 331 Å². The van der Waals surface area contributed by atoms with Crippen LogP contribution in [-0.4, -0.2) is 133 Å². The van der Waals surface area contributed by atoms with Crippen molar-refractivity contribution in [3.63, 3.8) is 0 Å². The summed E-state index contributed by atoms with van der Waals surface area (Å²) in [6, 6.07) is 0.447. The summed E-state index contributed by atoms with van der Waals surface area (Å²) in [6.07, 6.45) is 14.0. The lowest BCUT2D eigenvalue weighted by Crippen LogP contribution is -2.60. The van der Waals surface area contributed by atoms with Crippen molar-refractivity contribution in [2.45, 2.75) is 81.2 Å². The van der Waals surface area contributed by atoms with E-state index in [9.17, 15) is 33.9 Å². The number of likely N-dealkylation sites (tertiary alicyclic amines) is 1. The number of carbonyl (C=O) groups is 6. The predicted molar refractivity (Wildman–Crippen MR) is 219 cm³/mol. The molecule has 5 amide bonds. The number of carboxylic acids is 1. The maximum absolute atomic E-state index is 14.4. The minimum atomic E-state index is -1.31. The molecule has 5 aromatic heterocycles. The summed E-state index contributed by atoms with van der Waals surface area (Å²) in [5.41, 5.74) is 10.1. The minimum absolute atomic E-state index is 0.0280. The second-order valence-electron chi connectivity index (χ2n) is 15.1. The number of fused-ring (bicyclic) bond motifs is 1. The summed E-state index contributed by atoms with van der Waals surface area (Å²) in [6.45, 7) is 0.163. The zero-order valence-corrected chi connectivity index (χ0v) is 33.3. The van der Waals surface area contributed by atoms with Gasteiger partial charge in [-0.25, -0.2) is 24.7 Å². The van der Waals surface area contributed by atoms with Gasteiger partial charge in [0.2, 0.25) is 29.5 Å². The van der Waals surface area contributed by atoms with Gasteiger partial charge in [0.25, 0.3) is 0 Å². The first-order valence-corrected chi connectivity index (χ1v) is 20.0. The van der Waals surface area contributed by atoms with Crippen LogP contribution in [0.5, 0.6) is 0 Å². The van der Waals surface area contributed by atoms with E-state index in [1.165, 1.54) is 55.0 Å². The van der Waals surface area contributed by atoms with Gasteiger partial charge in [-0.3, -0.25) is 24.0 Å². The first-order chi connectivity index (χ1) is 30.0. The van der Waals surface area contributed by atoms with Crippen LogP contribution >= 0.6 is 0 Å². The molecule has 0 unspecified atom stereocenters. The fourth-order valence-corrected chi connectivity index (χ4v) is 7.51. The van der Waals surface area contributed by atoms with E-state index in [2.05, 4.69) is 66.1 Å². The van der Waals surface area contributed by atoms with E-state index in [4.69, 9.17) is 5.73 Å². The highest BCUT2D eigenvalue weighted by molar-refractivity contribution is 5.97. The molecule has 0 spiro atoms. The molecule has 22 heteroatoms. The molecule has 0 radical (unpaired) electrons. The van der Waals surface area contributed by atoms with E-state index in [1.807, 2.05) is 24.3 Å². The molecular formula is C40H47N15O7. The highest BCUT2D eigenvalue weighted by atomic mass is 16.4. The number of carbonyl (C=O) groups excluding carboxylic acids is 5. The van der Waals surface area contributed by atoms with E-state index in [-0.39, 0.29) is 45.1 Å². The Hall–Kier alpha value is -7.62. The van der Waals surface area contributed by atoms with Gasteiger partial charge in [-0.05, 0) is 30.9 Å². The van der Waals surface area contributed by atoms with Gasteiger partial charge in [-0.15, -0.1) is 0 Å². The zero-order valence-electron chi connectivity index (χ0n) is 33.3. The number of nitrogens with zero attached hydrogens (tertiary/aromatic N) is 5. The third kappa shape index (κ3) is 10.6. The van der Waals surface area contributed by atoms with Gasteiger partial charge in [0, 0.05) is 96.9 Å². The molecule has 6 heterocycles. The van der Waals surface area contributed by atoms with Crippen molar-refractivity contribution in [3.8, 4) is 0 Å². The number of H-pyrrole nitrogens is 5. The average molecular weight is 850 g/mol. The first-order valence-electron chi connectivity index (χ1n) is 20.0. The van der Waals surface area contributed by atoms with E-state index >= 15 is 0 Å². The number of hydrogen-bond donors (Lipinski definition) is 11.